The Morgan fingerprint density at radius 1 is 1.15 bits per heavy atom. The van der Waals surface area contributed by atoms with Gasteiger partial charge in [-0.05, 0) is 45.7 Å². The highest BCUT2D eigenvalue weighted by atomic mass is 16.2. The summed E-state index contributed by atoms with van der Waals surface area (Å²) in [5, 5.41) is 16.0. The van der Waals surface area contributed by atoms with E-state index in [1.807, 2.05) is 0 Å². The summed E-state index contributed by atoms with van der Waals surface area (Å²) in [4.78, 5) is 64.3. The van der Waals surface area contributed by atoms with E-state index in [1.165, 1.54) is 18.6 Å². The van der Waals surface area contributed by atoms with E-state index in [0.29, 0.717) is 13.1 Å². The van der Waals surface area contributed by atoms with Crippen molar-refractivity contribution >= 4 is 29.6 Å². The Morgan fingerprint density at radius 3 is 2.56 bits per heavy atom. The van der Waals surface area contributed by atoms with Crippen molar-refractivity contribution in [3.63, 3.8) is 0 Å². The number of hydrogen-bond acceptors (Lipinski definition) is 8. The minimum atomic E-state index is -1.03. The van der Waals surface area contributed by atoms with Crippen molar-refractivity contribution in [2.24, 2.45) is 11.7 Å². The molecule has 214 valence electrons. The molecule has 0 aromatic carbocycles. The molecule has 0 bridgehead atoms. The number of nitrogens with one attached hydrogen (secondary N) is 4. The summed E-state index contributed by atoms with van der Waals surface area (Å²) in [5.41, 5.74) is 5.79. The van der Waals surface area contributed by atoms with Crippen LogP contribution in [0.3, 0.4) is 0 Å². The van der Waals surface area contributed by atoms with Crippen LogP contribution in [0.4, 0.5) is 0 Å². The third kappa shape index (κ3) is 9.78. The van der Waals surface area contributed by atoms with Gasteiger partial charge < -0.3 is 36.4 Å². The molecular formula is C25H40N10O4. The summed E-state index contributed by atoms with van der Waals surface area (Å²) in [6.07, 6.45) is 7.49. The van der Waals surface area contributed by atoms with Crippen LogP contribution in [0.15, 0.2) is 18.6 Å². The van der Waals surface area contributed by atoms with Crippen LogP contribution in [0, 0.1) is 11.3 Å². The van der Waals surface area contributed by atoms with Gasteiger partial charge in [0.2, 0.25) is 17.7 Å². The van der Waals surface area contributed by atoms with Gasteiger partial charge >= 0.3 is 0 Å². The number of likely N-dealkylation sites (tertiary alicyclic amines) is 1. The molecule has 1 saturated heterocycles. The molecule has 14 nitrogen and oxygen atoms in total. The minimum absolute atomic E-state index is 0.00188. The lowest BCUT2D eigenvalue weighted by molar-refractivity contribution is -0.139. The predicted molar refractivity (Wildman–Crippen MR) is 143 cm³/mol. The Morgan fingerprint density at radius 2 is 1.92 bits per heavy atom. The lowest BCUT2D eigenvalue weighted by atomic mass is 9.98. The zero-order chi connectivity index (χ0) is 28.4. The summed E-state index contributed by atoms with van der Waals surface area (Å²) in [7, 11) is 3.49. The van der Waals surface area contributed by atoms with Crippen LogP contribution in [-0.2, 0) is 14.4 Å². The number of amides is 4. The van der Waals surface area contributed by atoms with Crippen LogP contribution >= 0.6 is 0 Å². The smallest absolute Gasteiger partial charge is 0.271 e. The SMILES string of the molecule is CN(C)CC(=O)N[C@@H](CC(=O)NC[C@@H]1CCCN(C(=N)N)C1)C(=O)N(CCNC(=O)c1cnccn1)C1CC1. The maximum atomic E-state index is 13.6. The zero-order valence-corrected chi connectivity index (χ0v) is 22.7. The number of piperidine rings is 1. The van der Waals surface area contributed by atoms with Gasteiger partial charge in [0, 0.05) is 51.2 Å². The monoisotopic (exact) mass is 544 g/mol. The predicted octanol–water partition coefficient (Wildman–Crippen LogP) is -1.64. The highest BCUT2D eigenvalue weighted by Gasteiger charge is 2.37. The number of nitrogens with two attached hydrogens (primary N) is 1. The molecule has 1 aromatic rings. The summed E-state index contributed by atoms with van der Waals surface area (Å²) in [6.45, 7) is 2.22. The first-order valence-corrected chi connectivity index (χ1v) is 13.3. The quantitative estimate of drug-likeness (QED) is 0.143. The number of hydrogen-bond donors (Lipinski definition) is 5. The molecule has 0 radical (unpaired) electrons. The summed E-state index contributed by atoms with van der Waals surface area (Å²) in [5.74, 6) is -1.29. The number of carbonyl (C=O) groups excluding carboxylic acids is 4. The molecule has 1 aromatic heterocycles. The largest absolute Gasteiger partial charge is 0.370 e. The lowest BCUT2D eigenvalue weighted by Crippen LogP contribution is -2.54. The van der Waals surface area contributed by atoms with Crippen LogP contribution < -0.4 is 21.7 Å². The first-order chi connectivity index (χ1) is 18.6. The van der Waals surface area contributed by atoms with Gasteiger partial charge in [-0.2, -0.15) is 0 Å². The molecule has 1 saturated carbocycles. The van der Waals surface area contributed by atoms with E-state index in [1.54, 1.807) is 28.8 Å². The van der Waals surface area contributed by atoms with E-state index in [4.69, 9.17) is 11.1 Å². The highest BCUT2D eigenvalue weighted by Crippen LogP contribution is 2.27. The molecule has 2 fully saturated rings. The van der Waals surface area contributed by atoms with Crippen LogP contribution in [0.25, 0.3) is 0 Å². The number of nitrogens with zero attached hydrogens (tertiary/aromatic N) is 5. The van der Waals surface area contributed by atoms with Crippen molar-refractivity contribution in [2.75, 3.05) is 53.4 Å². The number of carbonyl (C=O) groups is 4. The average molecular weight is 545 g/mol. The lowest BCUT2D eigenvalue weighted by Gasteiger charge is -2.33. The Hall–Kier alpha value is -3.81. The molecular weight excluding hydrogens is 504 g/mol. The van der Waals surface area contributed by atoms with Gasteiger partial charge in [-0.3, -0.25) is 29.6 Å². The van der Waals surface area contributed by atoms with Crippen LogP contribution in [-0.4, -0.2) is 120 Å². The third-order valence-corrected chi connectivity index (χ3v) is 6.64. The maximum Gasteiger partial charge on any atom is 0.271 e. The van der Waals surface area contributed by atoms with Gasteiger partial charge in [-0.25, -0.2) is 4.98 Å². The Balaban J connectivity index is 1.59. The van der Waals surface area contributed by atoms with Gasteiger partial charge in [0.25, 0.3) is 5.91 Å². The van der Waals surface area contributed by atoms with Gasteiger partial charge in [0.05, 0.1) is 19.2 Å². The second kappa shape index (κ2) is 14.4. The molecule has 1 aliphatic carbocycles. The Labute approximate surface area is 228 Å². The van der Waals surface area contributed by atoms with Crippen LogP contribution in [0.5, 0.6) is 0 Å². The maximum absolute atomic E-state index is 13.6. The van der Waals surface area contributed by atoms with Gasteiger partial charge in [-0.1, -0.05) is 0 Å². The average Bonchev–Trinajstić information content (AvgIpc) is 3.74. The number of likely N-dealkylation sites (N-methyl/N-ethyl adjacent to an activating group) is 1. The first kappa shape index (κ1) is 29.7. The summed E-state index contributed by atoms with van der Waals surface area (Å²) in [6, 6.07) is -1.03. The molecule has 0 spiro atoms. The third-order valence-electron chi connectivity index (χ3n) is 6.64. The van der Waals surface area contributed by atoms with E-state index in [-0.39, 0.29) is 67.4 Å². The summed E-state index contributed by atoms with van der Waals surface area (Å²) >= 11 is 0. The van der Waals surface area contributed by atoms with Crippen LogP contribution in [0.2, 0.25) is 0 Å². The zero-order valence-electron chi connectivity index (χ0n) is 22.7. The minimum Gasteiger partial charge on any atom is -0.370 e. The molecule has 0 unspecified atom stereocenters. The van der Waals surface area contributed by atoms with Crippen molar-refractivity contribution in [3.8, 4) is 0 Å². The molecule has 1 aliphatic heterocycles. The summed E-state index contributed by atoms with van der Waals surface area (Å²) < 4.78 is 0. The fourth-order valence-corrected chi connectivity index (χ4v) is 4.55. The van der Waals surface area contributed by atoms with Gasteiger partial charge in [-0.15, -0.1) is 0 Å². The Kier molecular flexibility index (Phi) is 11.0. The van der Waals surface area contributed by atoms with Crippen molar-refractivity contribution < 1.29 is 19.2 Å². The molecule has 2 aliphatic rings. The fraction of sp³-hybridized carbons (Fsp3) is 0.640. The number of rotatable bonds is 13. The van der Waals surface area contributed by atoms with Crippen molar-refractivity contribution in [1.82, 2.24) is 40.6 Å². The molecule has 6 N–H and O–H groups in total. The van der Waals surface area contributed by atoms with Crippen molar-refractivity contribution in [1.29, 1.82) is 5.41 Å². The molecule has 2 heterocycles. The van der Waals surface area contributed by atoms with Crippen molar-refractivity contribution in [2.45, 2.75) is 44.2 Å². The topological polar surface area (TPSA) is 190 Å². The van der Waals surface area contributed by atoms with E-state index in [2.05, 4.69) is 25.9 Å². The molecule has 2 atom stereocenters. The second-order valence-electron chi connectivity index (χ2n) is 10.3. The second-order valence-corrected chi connectivity index (χ2v) is 10.3. The van der Waals surface area contributed by atoms with Crippen molar-refractivity contribution in [3.05, 3.63) is 24.3 Å². The molecule has 4 amide bonds. The van der Waals surface area contributed by atoms with Gasteiger partial charge in [0.15, 0.2) is 5.96 Å². The fourth-order valence-electron chi connectivity index (χ4n) is 4.55. The van der Waals surface area contributed by atoms with Gasteiger partial charge in [0.1, 0.15) is 11.7 Å². The Bertz CT molecular complexity index is 1020. The van der Waals surface area contributed by atoms with E-state index in [0.717, 1.165) is 32.2 Å². The standard InChI is InChI=1S/C25H40N10O4/c1-33(2)16-22(37)32-19(12-21(36)31-13-17-4-3-10-34(15-17)25(26)27)24(39)35(18-5-6-18)11-9-30-23(38)20-14-28-7-8-29-20/h7-8,14,17-19H,3-6,9-13,15-16H2,1-2H3,(H3,26,27)(H,30,38)(H,31,36)(H,32,37)/t17-,19-/m0/s1. The normalized spacial score (nSPS) is 17.7. The van der Waals surface area contributed by atoms with Crippen LogP contribution in [0.1, 0.15) is 42.6 Å². The highest BCUT2D eigenvalue weighted by molar-refractivity contribution is 5.93. The molecule has 14 heteroatoms. The molecule has 39 heavy (non-hydrogen) atoms. The molecule has 3 rings (SSSR count). The van der Waals surface area contributed by atoms with E-state index in [9.17, 15) is 19.2 Å². The van der Waals surface area contributed by atoms with E-state index < -0.39 is 11.9 Å². The number of aromatic nitrogens is 2. The number of guanidine groups is 1. The van der Waals surface area contributed by atoms with E-state index >= 15 is 0 Å². The first-order valence-electron chi connectivity index (χ1n) is 13.3.